The molecule has 2 rings (SSSR count). The van der Waals surface area contributed by atoms with E-state index in [0.717, 1.165) is 12.5 Å². The van der Waals surface area contributed by atoms with Crippen LogP contribution in [0.25, 0.3) is 0 Å². The Hall–Kier alpha value is -0.820. The van der Waals surface area contributed by atoms with E-state index < -0.39 is 0 Å². The van der Waals surface area contributed by atoms with E-state index in [1.807, 2.05) is 0 Å². The van der Waals surface area contributed by atoms with Crippen LogP contribution in [0.2, 0.25) is 0 Å². The van der Waals surface area contributed by atoms with Crippen molar-refractivity contribution in [3.05, 3.63) is 34.9 Å². The molecule has 1 nitrogen and oxygen atoms in total. The molecule has 0 heterocycles. The molecule has 17 heavy (non-hydrogen) atoms. The van der Waals surface area contributed by atoms with Crippen LogP contribution in [0.3, 0.4) is 0 Å². The topological polar surface area (TPSA) is 12.0 Å². The zero-order valence-corrected chi connectivity index (χ0v) is 11.4. The normalized spacial score (nSPS) is 17.8. The van der Waals surface area contributed by atoms with E-state index in [2.05, 4.69) is 44.3 Å². The van der Waals surface area contributed by atoms with Crippen LogP contribution in [0.4, 0.5) is 0 Å². The van der Waals surface area contributed by atoms with Gasteiger partial charge in [-0.2, -0.15) is 0 Å². The minimum Gasteiger partial charge on any atom is -0.310 e. The van der Waals surface area contributed by atoms with Gasteiger partial charge in [-0.1, -0.05) is 31.5 Å². The molecule has 1 unspecified atom stereocenters. The second kappa shape index (κ2) is 5.68. The second-order valence-corrected chi connectivity index (χ2v) is 5.43. The standard InChI is InChI=1S/C16H25N/c1-4-11-17-16(14-9-6-10-14)15-12(2)7-5-8-13(15)3/h5,7-8,14,16-17H,4,6,9-11H2,1-3H3. The zero-order valence-electron chi connectivity index (χ0n) is 11.4. The van der Waals surface area contributed by atoms with Gasteiger partial charge in [0.1, 0.15) is 0 Å². The summed E-state index contributed by atoms with van der Waals surface area (Å²) < 4.78 is 0. The molecule has 1 fully saturated rings. The summed E-state index contributed by atoms with van der Waals surface area (Å²) in [6.45, 7) is 7.88. The molecule has 0 bridgehead atoms. The van der Waals surface area contributed by atoms with Crippen molar-refractivity contribution in [3.8, 4) is 0 Å². The lowest BCUT2D eigenvalue weighted by molar-refractivity contribution is 0.230. The molecule has 0 saturated heterocycles. The lowest BCUT2D eigenvalue weighted by Gasteiger charge is -2.36. The highest BCUT2D eigenvalue weighted by molar-refractivity contribution is 5.36. The van der Waals surface area contributed by atoms with Crippen molar-refractivity contribution in [2.24, 2.45) is 5.92 Å². The molecular formula is C16H25N. The minimum absolute atomic E-state index is 0.588. The Kier molecular flexibility index (Phi) is 4.22. The number of hydrogen-bond acceptors (Lipinski definition) is 1. The molecule has 0 aliphatic heterocycles. The van der Waals surface area contributed by atoms with Gasteiger partial charge in [-0.25, -0.2) is 0 Å². The van der Waals surface area contributed by atoms with Crippen LogP contribution in [-0.4, -0.2) is 6.54 Å². The molecule has 1 aromatic rings. The molecule has 1 aromatic carbocycles. The van der Waals surface area contributed by atoms with Gasteiger partial charge < -0.3 is 5.32 Å². The Labute approximate surface area is 106 Å². The number of nitrogens with one attached hydrogen (secondary N) is 1. The van der Waals surface area contributed by atoms with E-state index in [-0.39, 0.29) is 0 Å². The molecule has 1 heteroatoms. The number of rotatable bonds is 5. The Morgan fingerprint density at radius 3 is 2.35 bits per heavy atom. The highest BCUT2D eigenvalue weighted by Crippen LogP contribution is 2.39. The molecule has 1 saturated carbocycles. The molecule has 0 amide bonds. The third-order valence-electron chi connectivity index (χ3n) is 4.09. The number of benzene rings is 1. The maximum Gasteiger partial charge on any atom is 0.0353 e. The summed E-state index contributed by atoms with van der Waals surface area (Å²) >= 11 is 0. The summed E-state index contributed by atoms with van der Waals surface area (Å²) in [5.74, 6) is 0.862. The van der Waals surface area contributed by atoms with Gasteiger partial charge in [0.15, 0.2) is 0 Å². The summed E-state index contributed by atoms with van der Waals surface area (Å²) in [6.07, 6.45) is 5.43. The van der Waals surface area contributed by atoms with E-state index in [4.69, 9.17) is 0 Å². The molecule has 1 atom stereocenters. The fourth-order valence-electron chi connectivity index (χ4n) is 2.90. The molecule has 1 aliphatic rings. The van der Waals surface area contributed by atoms with Gasteiger partial charge in [0.05, 0.1) is 0 Å². The second-order valence-electron chi connectivity index (χ2n) is 5.43. The maximum absolute atomic E-state index is 3.77. The Morgan fingerprint density at radius 2 is 1.88 bits per heavy atom. The zero-order chi connectivity index (χ0) is 12.3. The highest BCUT2D eigenvalue weighted by Gasteiger charge is 2.29. The predicted molar refractivity (Wildman–Crippen MR) is 74.3 cm³/mol. The van der Waals surface area contributed by atoms with Crippen LogP contribution < -0.4 is 5.32 Å². The van der Waals surface area contributed by atoms with Crippen LogP contribution >= 0.6 is 0 Å². The van der Waals surface area contributed by atoms with Gasteiger partial charge in [0.2, 0.25) is 0 Å². The van der Waals surface area contributed by atoms with Gasteiger partial charge in [0, 0.05) is 6.04 Å². The Morgan fingerprint density at radius 1 is 1.24 bits per heavy atom. The first kappa shape index (κ1) is 12.6. The lowest BCUT2D eigenvalue weighted by atomic mass is 9.75. The average molecular weight is 231 g/mol. The largest absolute Gasteiger partial charge is 0.310 e. The van der Waals surface area contributed by atoms with Crippen molar-refractivity contribution < 1.29 is 0 Å². The van der Waals surface area contributed by atoms with Crippen molar-refractivity contribution in [1.82, 2.24) is 5.32 Å². The fraction of sp³-hybridized carbons (Fsp3) is 0.625. The van der Waals surface area contributed by atoms with Gasteiger partial charge >= 0.3 is 0 Å². The first-order chi connectivity index (χ1) is 8.24. The first-order valence-corrected chi connectivity index (χ1v) is 7.03. The minimum atomic E-state index is 0.588. The molecular weight excluding hydrogens is 206 g/mol. The van der Waals surface area contributed by atoms with Gasteiger partial charge in [-0.05, 0) is 62.3 Å². The summed E-state index contributed by atoms with van der Waals surface area (Å²) in [6, 6.07) is 7.26. The van der Waals surface area contributed by atoms with E-state index in [1.165, 1.54) is 36.8 Å². The average Bonchev–Trinajstić information content (AvgIpc) is 2.22. The number of aryl methyl sites for hydroxylation is 2. The number of hydrogen-bond donors (Lipinski definition) is 1. The summed E-state index contributed by atoms with van der Waals surface area (Å²) in [5.41, 5.74) is 4.46. The smallest absolute Gasteiger partial charge is 0.0353 e. The Bertz CT molecular complexity index is 346. The van der Waals surface area contributed by atoms with E-state index in [1.54, 1.807) is 5.56 Å². The first-order valence-electron chi connectivity index (χ1n) is 7.03. The molecule has 0 radical (unpaired) electrons. The van der Waals surface area contributed by atoms with Crippen LogP contribution in [-0.2, 0) is 0 Å². The van der Waals surface area contributed by atoms with Gasteiger partial charge in [0.25, 0.3) is 0 Å². The highest BCUT2D eigenvalue weighted by atomic mass is 14.9. The third-order valence-corrected chi connectivity index (χ3v) is 4.09. The monoisotopic (exact) mass is 231 g/mol. The van der Waals surface area contributed by atoms with Crippen molar-refractivity contribution >= 4 is 0 Å². The van der Waals surface area contributed by atoms with Crippen LogP contribution in [0, 0.1) is 19.8 Å². The fourth-order valence-corrected chi connectivity index (χ4v) is 2.90. The SMILES string of the molecule is CCCNC(c1c(C)cccc1C)C1CCC1. The van der Waals surface area contributed by atoms with E-state index in [9.17, 15) is 0 Å². The molecule has 1 aliphatic carbocycles. The third kappa shape index (κ3) is 2.71. The summed E-state index contributed by atoms with van der Waals surface area (Å²) in [4.78, 5) is 0. The Balaban J connectivity index is 2.24. The maximum atomic E-state index is 3.77. The molecule has 1 N–H and O–H groups in total. The lowest BCUT2D eigenvalue weighted by Crippen LogP contribution is -2.33. The van der Waals surface area contributed by atoms with Crippen molar-refractivity contribution in [1.29, 1.82) is 0 Å². The quantitative estimate of drug-likeness (QED) is 0.803. The van der Waals surface area contributed by atoms with Crippen LogP contribution in [0.1, 0.15) is 55.3 Å². The van der Waals surface area contributed by atoms with Crippen LogP contribution in [0.5, 0.6) is 0 Å². The van der Waals surface area contributed by atoms with Crippen molar-refractivity contribution in [2.75, 3.05) is 6.54 Å². The van der Waals surface area contributed by atoms with Crippen LogP contribution in [0.15, 0.2) is 18.2 Å². The van der Waals surface area contributed by atoms with E-state index in [0.29, 0.717) is 6.04 Å². The summed E-state index contributed by atoms with van der Waals surface area (Å²) in [5, 5.41) is 3.77. The summed E-state index contributed by atoms with van der Waals surface area (Å²) in [7, 11) is 0. The van der Waals surface area contributed by atoms with Crippen molar-refractivity contribution in [3.63, 3.8) is 0 Å². The van der Waals surface area contributed by atoms with Gasteiger partial charge in [-0.15, -0.1) is 0 Å². The van der Waals surface area contributed by atoms with Gasteiger partial charge in [-0.3, -0.25) is 0 Å². The molecule has 0 aromatic heterocycles. The predicted octanol–water partition coefficient (Wildman–Crippen LogP) is 4.14. The van der Waals surface area contributed by atoms with E-state index >= 15 is 0 Å². The molecule has 0 spiro atoms. The molecule has 94 valence electrons. The van der Waals surface area contributed by atoms with Crippen molar-refractivity contribution in [2.45, 2.75) is 52.5 Å².